The Hall–Kier alpha value is -1.65. The van der Waals surface area contributed by atoms with Crippen molar-refractivity contribution in [3.63, 3.8) is 0 Å². The van der Waals surface area contributed by atoms with E-state index in [0.29, 0.717) is 11.3 Å². The SMILES string of the molecule is CC.Cc1ccc(S(=O)(=O)C23CCNC2CCc2cc(C)ccc23)cc1. The number of rotatable bonds is 2. The molecule has 2 aromatic carbocycles. The molecule has 0 amide bonds. The van der Waals surface area contributed by atoms with E-state index in [1.807, 2.05) is 39.0 Å². The lowest BCUT2D eigenvalue weighted by atomic mass is 9.78. The van der Waals surface area contributed by atoms with Crippen LogP contribution in [0, 0.1) is 13.8 Å². The Bertz CT molecular complexity index is 887. The van der Waals surface area contributed by atoms with Gasteiger partial charge in [-0.15, -0.1) is 0 Å². The molecule has 2 atom stereocenters. The fraction of sp³-hybridized carbons (Fsp3) is 0.455. The molecule has 1 N–H and O–H groups in total. The molecule has 140 valence electrons. The smallest absolute Gasteiger partial charge is 0.189 e. The van der Waals surface area contributed by atoms with Crippen LogP contribution >= 0.6 is 0 Å². The summed E-state index contributed by atoms with van der Waals surface area (Å²) in [7, 11) is -3.47. The molecular weight excluding hydrogens is 342 g/mol. The first-order chi connectivity index (χ1) is 12.4. The van der Waals surface area contributed by atoms with E-state index in [1.165, 1.54) is 11.1 Å². The van der Waals surface area contributed by atoms with Gasteiger partial charge in [0.05, 0.1) is 4.90 Å². The van der Waals surface area contributed by atoms with Crippen LogP contribution in [-0.4, -0.2) is 21.0 Å². The number of hydrogen-bond donors (Lipinski definition) is 1. The topological polar surface area (TPSA) is 46.2 Å². The van der Waals surface area contributed by atoms with Crippen molar-refractivity contribution in [2.45, 2.75) is 62.6 Å². The highest BCUT2D eigenvalue weighted by Gasteiger charge is 2.56. The van der Waals surface area contributed by atoms with E-state index in [1.54, 1.807) is 12.1 Å². The lowest BCUT2D eigenvalue weighted by Crippen LogP contribution is -2.49. The summed E-state index contributed by atoms with van der Waals surface area (Å²) in [4.78, 5) is 0.440. The van der Waals surface area contributed by atoms with Gasteiger partial charge >= 0.3 is 0 Å². The van der Waals surface area contributed by atoms with E-state index in [-0.39, 0.29) is 6.04 Å². The quantitative estimate of drug-likeness (QED) is 0.856. The van der Waals surface area contributed by atoms with E-state index in [2.05, 4.69) is 24.4 Å². The van der Waals surface area contributed by atoms with Crippen molar-refractivity contribution >= 4 is 9.84 Å². The van der Waals surface area contributed by atoms with Crippen molar-refractivity contribution in [3.05, 3.63) is 64.7 Å². The zero-order valence-corrected chi connectivity index (χ0v) is 17.0. The minimum absolute atomic E-state index is 0.000917. The normalized spacial score (nSPS) is 24.2. The van der Waals surface area contributed by atoms with Gasteiger partial charge in [-0.3, -0.25) is 0 Å². The number of benzene rings is 2. The second kappa shape index (κ2) is 7.16. The van der Waals surface area contributed by atoms with E-state index in [0.717, 1.165) is 30.5 Å². The molecule has 1 aliphatic carbocycles. The average Bonchev–Trinajstić information content (AvgIpc) is 3.09. The summed E-state index contributed by atoms with van der Waals surface area (Å²) in [6.07, 6.45) is 2.46. The largest absolute Gasteiger partial charge is 0.312 e. The summed E-state index contributed by atoms with van der Waals surface area (Å²) in [6, 6.07) is 13.6. The maximum Gasteiger partial charge on any atom is 0.189 e. The molecule has 0 aromatic heterocycles. The van der Waals surface area contributed by atoms with Crippen molar-refractivity contribution in [3.8, 4) is 0 Å². The van der Waals surface area contributed by atoms with E-state index in [9.17, 15) is 8.42 Å². The molecule has 1 aliphatic heterocycles. The molecule has 0 spiro atoms. The zero-order valence-electron chi connectivity index (χ0n) is 16.2. The van der Waals surface area contributed by atoms with Gasteiger partial charge in [-0.2, -0.15) is 0 Å². The Balaban J connectivity index is 0.000000948. The lowest BCUT2D eigenvalue weighted by molar-refractivity contribution is 0.416. The fourth-order valence-electron chi connectivity index (χ4n) is 4.46. The van der Waals surface area contributed by atoms with Crippen LogP contribution in [-0.2, 0) is 21.0 Å². The summed E-state index contributed by atoms with van der Waals surface area (Å²) in [5, 5.41) is 3.46. The van der Waals surface area contributed by atoms with Crippen molar-refractivity contribution in [1.29, 1.82) is 0 Å². The first kappa shape index (κ1) is 19.1. The van der Waals surface area contributed by atoms with Crippen LogP contribution in [0.3, 0.4) is 0 Å². The first-order valence-corrected chi connectivity index (χ1v) is 11.1. The van der Waals surface area contributed by atoms with Crippen molar-refractivity contribution in [2.75, 3.05) is 6.54 Å². The third kappa shape index (κ3) is 2.80. The third-order valence-corrected chi connectivity index (χ3v) is 8.24. The van der Waals surface area contributed by atoms with E-state index in [4.69, 9.17) is 0 Å². The molecule has 1 fully saturated rings. The van der Waals surface area contributed by atoms with Crippen molar-refractivity contribution < 1.29 is 8.42 Å². The second-order valence-corrected chi connectivity index (χ2v) is 9.37. The summed E-state index contributed by atoms with van der Waals surface area (Å²) < 4.78 is 26.6. The summed E-state index contributed by atoms with van der Waals surface area (Å²) in [5.74, 6) is 0. The number of nitrogens with one attached hydrogen (secondary N) is 1. The van der Waals surface area contributed by atoms with Crippen molar-refractivity contribution in [1.82, 2.24) is 5.32 Å². The Labute approximate surface area is 157 Å². The van der Waals surface area contributed by atoms with E-state index >= 15 is 0 Å². The summed E-state index contributed by atoms with van der Waals surface area (Å²) in [5.41, 5.74) is 4.48. The predicted octanol–water partition coefficient (Wildman–Crippen LogP) is 4.31. The lowest BCUT2D eigenvalue weighted by Gasteiger charge is -2.40. The number of hydrogen-bond acceptors (Lipinski definition) is 3. The van der Waals surface area contributed by atoms with Gasteiger partial charge in [-0.25, -0.2) is 8.42 Å². The van der Waals surface area contributed by atoms with Crippen LogP contribution in [0.15, 0.2) is 47.4 Å². The molecule has 2 aromatic rings. The van der Waals surface area contributed by atoms with Gasteiger partial charge < -0.3 is 5.32 Å². The zero-order chi connectivity index (χ0) is 18.9. The minimum atomic E-state index is -3.47. The molecular formula is C22H29NO2S. The van der Waals surface area contributed by atoms with Gasteiger partial charge in [0, 0.05) is 6.04 Å². The number of fused-ring (bicyclic) bond motifs is 3. The molecule has 2 unspecified atom stereocenters. The van der Waals surface area contributed by atoms with E-state index < -0.39 is 14.6 Å². The van der Waals surface area contributed by atoms with Crippen LogP contribution in [0.25, 0.3) is 0 Å². The van der Waals surface area contributed by atoms with Gasteiger partial charge in [0.2, 0.25) is 0 Å². The molecule has 1 heterocycles. The summed E-state index contributed by atoms with van der Waals surface area (Å²) >= 11 is 0. The maximum atomic E-state index is 13.7. The van der Waals surface area contributed by atoms with Crippen LogP contribution in [0.2, 0.25) is 0 Å². The maximum absolute atomic E-state index is 13.7. The van der Waals surface area contributed by atoms with Crippen LogP contribution in [0.1, 0.15) is 48.9 Å². The van der Waals surface area contributed by atoms with Gasteiger partial charge in [0.15, 0.2) is 9.84 Å². The highest BCUT2D eigenvalue weighted by Crippen LogP contribution is 2.49. The van der Waals surface area contributed by atoms with Crippen LogP contribution in [0.5, 0.6) is 0 Å². The second-order valence-electron chi connectivity index (χ2n) is 7.16. The molecule has 0 radical (unpaired) electrons. The number of sulfone groups is 1. The van der Waals surface area contributed by atoms with Crippen LogP contribution < -0.4 is 5.32 Å². The number of aryl methyl sites for hydroxylation is 3. The van der Waals surface area contributed by atoms with Gasteiger partial charge in [-0.1, -0.05) is 55.3 Å². The standard InChI is InChI=1S/C20H23NO2S.C2H6/c1-14-3-7-17(8-4-14)24(22,23)20-11-12-21-19(20)10-6-16-13-15(2)5-9-18(16)20;1-2/h3-5,7-9,13,19,21H,6,10-12H2,1-2H3;1-2H3. The summed E-state index contributed by atoms with van der Waals surface area (Å²) in [6.45, 7) is 8.80. The predicted molar refractivity (Wildman–Crippen MR) is 107 cm³/mol. The first-order valence-electron chi connectivity index (χ1n) is 9.60. The highest BCUT2D eigenvalue weighted by molar-refractivity contribution is 7.92. The van der Waals surface area contributed by atoms with Gasteiger partial charge in [0.25, 0.3) is 0 Å². The monoisotopic (exact) mass is 371 g/mol. The van der Waals surface area contributed by atoms with Crippen LogP contribution in [0.4, 0.5) is 0 Å². The Morgan fingerprint density at radius 3 is 2.35 bits per heavy atom. The molecule has 0 bridgehead atoms. The van der Waals surface area contributed by atoms with Gasteiger partial charge in [0.1, 0.15) is 4.75 Å². The molecule has 4 rings (SSSR count). The molecule has 0 saturated carbocycles. The van der Waals surface area contributed by atoms with Gasteiger partial charge in [-0.05, 0) is 62.9 Å². The Morgan fingerprint density at radius 2 is 1.65 bits per heavy atom. The average molecular weight is 372 g/mol. The molecule has 2 aliphatic rings. The Morgan fingerprint density at radius 1 is 1.00 bits per heavy atom. The minimum Gasteiger partial charge on any atom is -0.312 e. The van der Waals surface area contributed by atoms with Crippen molar-refractivity contribution in [2.24, 2.45) is 0 Å². The molecule has 26 heavy (non-hydrogen) atoms. The molecule has 3 nitrogen and oxygen atoms in total. The molecule has 1 saturated heterocycles. The fourth-order valence-corrected chi connectivity index (χ4v) is 6.82. The Kier molecular flexibility index (Phi) is 5.27. The highest BCUT2D eigenvalue weighted by atomic mass is 32.2. The third-order valence-electron chi connectivity index (χ3n) is 5.68. The molecule has 4 heteroatoms.